The van der Waals surface area contributed by atoms with Crippen molar-refractivity contribution in [2.75, 3.05) is 6.54 Å². The molecule has 2 aromatic heterocycles. The van der Waals surface area contributed by atoms with Gasteiger partial charge in [-0.1, -0.05) is 12.1 Å². The highest BCUT2D eigenvalue weighted by molar-refractivity contribution is 5.36. The largest absolute Gasteiger partial charge is 0.467 e. The minimum absolute atomic E-state index is 0.137. The van der Waals surface area contributed by atoms with E-state index in [-0.39, 0.29) is 6.04 Å². The Labute approximate surface area is 135 Å². The maximum atomic E-state index is 10.0. The van der Waals surface area contributed by atoms with Crippen molar-refractivity contribution in [2.24, 2.45) is 0 Å². The zero-order chi connectivity index (χ0) is 16.2. The van der Waals surface area contributed by atoms with Gasteiger partial charge in [-0.25, -0.2) is 4.98 Å². The van der Waals surface area contributed by atoms with Crippen LogP contribution in [0.1, 0.15) is 36.2 Å². The van der Waals surface area contributed by atoms with Crippen LogP contribution in [-0.2, 0) is 0 Å². The van der Waals surface area contributed by atoms with Gasteiger partial charge in [0.2, 0.25) is 0 Å². The third-order valence-electron chi connectivity index (χ3n) is 3.99. The summed E-state index contributed by atoms with van der Waals surface area (Å²) in [7, 11) is 0. The molecular weight excluding hydrogens is 290 g/mol. The third-order valence-corrected chi connectivity index (χ3v) is 3.99. The zero-order valence-corrected chi connectivity index (χ0v) is 13.3. The molecule has 5 heteroatoms. The van der Waals surface area contributed by atoms with Gasteiger partial charge in [0.1, 0.15) is 17.7 Å². The van der Waals surface area contributed by atoms with E-state index in [1.165, 1.54) is 0 Å². The SMILES string of the molecule is Cc1nccn1-c1ccc([C@@H](C)NC[C@@H](O)c2ccco2)cc1. The third kappa shape index (κ3) is 3.52. The minimum Gasteiger partial charge on any atom is -0.467 e. The first-order chi connectivity index (χ1) is 11.1. The van der Waals surface area contributed by atoms with E-state index in [0.29, 0.717) is 12.3 Å². The molecule has 2 N–H and O–H groups in total. The van der Waals surface area contributed by atoms with Crippen molar-refractivity contribution in [1.29, 1.82) is 0 Å². The first-order valence-electron chi connectivity index (χ1n) is 7.70. The summed E-state index contributed by atoms with van der Waals surface area (Å²) in [4.78, 5) is 4.24. The second-order valence-electron chi connectivity index (χ2n) is 5.60. The summed E-state index contributed by atoms with van der Waals surface area (Å²) < 4.78 is 7.25. The van der Waals surface area contributed by atoms with Crippen molar-refractivity contribution in [3.05, 3.63) is 72.2 Å². The Hall–Kier alpha value is -2.37. The summed E-state index contributed by atoms with van der Waals surface area (Å²) >= 11 is 0. The number of benzene rings is 1. The summed E-state index contributed by atoms with van der Waals surface area (Å²) in [6, 6.07) is 12.0. The average molecular weight is 311 g/mol. The van der Waals surface area contributed by atoms with Gasteiger partial charge in [-0.2, -0.15) is 0 Å². The van der Waals surface area contributed by atoms with E-state index in [9.17, 15) is 5.11 Å². The molecule has 0 aliphatic carbocycles. The number of nitrogens with zero attached hydrogens (tertiary/aromatic N) is 2. The summed E-state index contributed by atoms with van der Waals surface area (Å²) in [5.41, 5.74) is 2.25. The Morgan fingerprint density at radius 2 is 2.04 bits per heavy atom. The fourth-order valence-electron chi connectivity index (χ4n) is 2.56. The molecule has 3 aromatic rings. The van der Waals surface area contributed by atoms with Gasteiger partial charge in [0.25, 0.3) is 0 Å². The lowest BCUT2D eigenvalue weighted by Gasteiger charge is -2.17. The van der Waals surface area contributed by atoms with Crippen molar-refractivity contribution in [1.82, 2.24) is 14.9 Å². The highest BCUT2D eigenvalue weighted by atomic mass is 16.4. The van der Waals surface area contributed by atoms with Gasteiger partial charge in [0.05, 0.1) is 6.26 Å². The minimum atomic E-state index is -0.639. The van der Waals surface area contributed by atoms with E-state index in [0.717, 1.165) is 17.1 Å². The number of aromatic nitrogens is 2. The molecule has 0 bridgehead atoms. The lowest BCUT2D eigenvalue weighted by Crippen LogP contribution is -2.24. The number of furan rings is 1. The summed E-state index contributed by atoms with van der Waals surface area (Å²) in [6.45, 7) is 4.50. The van der Waals surface area contributed by atoms with Crippen molar-refractivity contribution in [3.63, 3.8) is 0 Å². The molecule has 23 heavy (non-hydrogen) atoms. The van der Waals surface area contributed by atoms with Gasteiger partial charge in [-0.05, 0) is 43.7 Å². The number of nitrogens with one attached hydrogen (secondary N) is 1. The fraction of sp³-hybridized carbons (Fsp3) is 0.278. The van der Waals surface area contributed by atoms with E-state index < -0.39 is 6.10 Å². The summed E-state index contributed by atoms with van der Waals surface area (Å²) in [6.07, 6.45) is 4.67. The van der Waals surface area contributed by atoms with Crippen LogP contribution in [0.25, 0.3) is 5.69 Å². The molecule has 120 valence electrons. The van der Waals surface area contributed by atoms with Gasteiger partial charge in [0.15, 0.2) is 0 Å². The molecule has 2 atom stereocenters. The normalized spacial score (nSPS) is 13.9. The zero-order valence-electron chi connectivity index (χ0n) is 13.3. The molecule has 0 spiro atoms. The van der Waals surface area contributed by atoms with Crippen LogP contribution >= 0.6 is 0 Å². The van der Waals surface area contributed by atoms with Crippen molar-refractivity contribution in [3.8, 4) is 5.69 Å². The predicted octanol–water partition coefficient (Wildman–Crippen LogP) is 3.16. The molecule has 1 aromatic carbocycles. The molecule has 0 saturated carbocycles. The molecule has 5 nitrogen and oxygen atoms in total. The first-order valence-corrected chi connectivity index (χ1v) is 7.70. The molecule has 3 rings (SSSR count). The van der Waals surface area contributed by atoms with Crippen LogP contribution in [-0.4, -0.2) is 21.2 Å². The highest BCUT2D eigenvalue weighted by Gasteiger charge is 2.12. The lowest BCUT2D eigenvalue weighted by molar-refractivity contribution is 0.144. The van der Waals surface area contributed by atoms with E-state index >= 15 is 0 Å². The second-order valence-corrected chi connectivity index (χ2v) is 5.60. The molecule has 2 heterocycles. The Morgan fingerprint density at radius 3 is 2.65 bits per heavy atom. The van der Waals surface area contributed by atoms with E-state index in [2.05, 4.69) is 41.5 Å². The van der Waals surface area contributed by atoms with Crippen LogP contribution in [0, 0.1) is 6.92 Å². The van der Waals surface area contributed by atoms with Crippen LogP contribution in [0.15, 0.2) is 59.5 Å². The highest BCUT2D eigenvalue weighted by Crippen LogP contribution is 2.18. The van der Waals surface area contributed by atoms with Gasteiger partial charge in [-0.15, -0.1) is 0 Å². The Bertz CT molecular complexity index is 732. The smallest absolute Gasteiger partial charge is 0.133 e. The Kier molecular flexibility index (Phi) is 4.60. The molecule has 0 saturated heterocycles. The van der Waals surface area contributed by atoms with Crippen LogP contribution < -0.4 is 5.32 Å². The quantitative estimate of drug-likeness (QED) is 0.734. The maximum absolute atomic E-state index is 10.0. The van der Waals surface area contributed by atoms with E-state index in [1.807, 2.05) is 17.7 Å². The van der Waals surface area contributed by atoms with Crippen molar-refractivity contribution < 1.29 is 9.52 Å². The van der Waals surface area contributed by atoms with Gasteiger partial charge in [0, 0.05) is 30.7 Å². The van der Waals surface area contributed by atoms with Gasteiger partial charge in [-0.3, -0.25) is 0 Å². The first kappa shape index (κ1) is 15.5. The lowest BCUT2D eigenvalue weighted by atomic mass is 10.1. The fourth-order valence-corrected chi connectivity index (χ4v) is 2.56. The van der Waals surface area contributed by atoms with Gasteiger partial charge < -0.3 is 19.4 Å². The number of rotatable bonds is 6. The van der Waals surface area contributed by atoms with Crippen LogP contribution in [0.5, 0.6) is 0 Å². The Morgan fingerprint density at radius 1 is 1.26 bits per heavy atom. The number of aryl methyl sites for hydroxylation is 1. The molecular formula is C18H21N3O2. The monoisotopic (exact) mass is 311 g/mol. The molecule has 0 amide bonds. The molecule has 0 unspecified atom stereocenters. The van der Waals surface area contributed by atoms with Crippen LogP contribution in [0.3, 0.4) is 0 Å². The summed E-state index contributed by atoms with van der Waals surface area (Å²) in [5.74, 6) is 1.54. The molecule has 0 aliphatic heterocycles. The predicted molar refractivity (Wildman–Crippen MR) is 88.4 cm³/mol. The standard InChI is InChI=1S/C18H21N3O2/c1-13(20-12-17(22)18-4-3-11-23-18)15-5-7-16(8-6-15)21-10-9-19-14(21)2/h3-11,13,17,20,22H,12H2,1-2H3/t13-,17-/m1/s1. The number of hydrogen-bond acceptors (Lipinski definition) is 4. The second kappa shape index (κ2) is 6.81. The van der Waals surface area contributed by atoms with Crippen LogP contribution in [0.4, 0.5) is 0 Å². The van der Waals surface area contributed by atoms with Crippen LogP contribution in [0.2, 0.25) is 0 Å². The number of aliphatic hydroxyl groups is 1. The van der Waals surface area contributed by atoms with Crippen molar-refractivity contribution in [2.45, 2.75) is 26.0 Å². The van der Waals surface area contributed by atoms with Crippen molar-refractivity contribution >= 4 is 0 Å². The topological polar surface area (TPSA) is 63.2 Å². The number of hydrogen-bond donors (Lipinski definition) is 2. The van der Waals surface area contributed by atoms with E-state index in [1.54, 1.807) is 24.6 Å². The average Bonchev–Trinajstić information content (AvgIpc) is 3.24. The maximum Gasteiger partial charge on any atom is 0.133 e. The number of aliphatic hydroxyl groups excluding tert-OH is 1. The summed E-state index contributed by atoms with van der Waals surface area (Å²) in [5, 5.41) is 13.4. The number of imidazole rings is 1. The van der Waals surface area contributed by atoms with E-state index in [4.69, 9.17) is 4.42 Å². The Balaban J connectivity index is 1.61. The molecule has 0 radical (unpaired) electrons. The molecule has 0 aliphatic rings. The van der Waals surface area contributed by atoms with Gasteiger partial charge >= 0.3 is 0 Å². The molecule has 0 fully saturated rings.